The number of phenols is 1. The van der Waals surface area contributed by atoms with Crippen LogP contribution in [0.15, 0.2) is 54.6 Å². The summed E-state index contributed by atoms with van der Waals surface area (Å²) in [5.41, 5.74) is 0.683. The van der Waals surface area contributed by atoms with Gasteiger partial charge in [-0.1, -0.05) is 19.2 Å². The van der Waals surface area contributed by atoms with E-state index in [2.05, 4.69) is 13.2 Å². The monoisotopic (exact) mass is 326 g/mol. The smallest absolute Gasteiger partial charge is 0.338 e. The molecule has 0 aliphatic heterocycles. The predicted octanol–water partition coefficient (Wildman–Crippen LogP) is 3.55. The Labute approximate surface area is 139 Å². The average Bonchev–Trinajstić information content (AvgIpc) is 2.52. The summed E-state index contributed by atoms with van der Waals surface area (Å²) < 4.78 is 10.5. The molecule has 0 atom stereocenters. The van der Waals surface area contributed by atoms with Gasteiger partial charge in [0.2, 0.25) is 0 Å². The van der Waals surface area contributed by atoms with E-state index in [9.17, 15) is 14.7 Å². The van der Waals surface area contributed by atoms with Crippen LogP contribution in [0, 0.1) is 0 Å². The molecule has 0 spiro atoms. The molecular weight excluding hydrogens is 308 g/mol. The Morgan fingerprint density at radius 2 is 1.75 bits per heavy atom. The summed E-state index contributed by atoms with van der Waals surface area (Å²) in [7, 11) is 0. The third-order valence-electron chi connectivity index (χ3n) is 3.28. The van der Waals surface area contributed by atoms with Crippen LogP contribution in [-0.2, 0) is 9.59 Å². The molecule has 0 saturated carbocycles. The Morgan fingerprint density at radius 1 is 1.04 bits per heavy atom. The first-order valence-electron chi connectivity index (χ1n) is 7.24. The van der Waals surface area contributed by atoms with Gasteiger partial charge in [0.1, 0.15) is 17.2 Å². The summed E-state index contributed by atoms with van der Waals surface area (Å²) in [5, 5.41) is 11.3. The van der Waals surface area contributed by atoms with Gasteiger partial charge in [-0.3, -0.25) is 4.79 Å². The molecule has 0 aliphatic rings. The third kappa shape index (κ3) is 4.01. The van der Waals surface area contributed by atoms with Gasteiger partial charge in [0.25, 0.3) is 0 Å². The number of rotatable bonds is 6. The van der Waals surface area contributed by atoms with Crippen LogP contribution in [-0.4, -0.2) is 23.5 Å². The van der Waals surface area contributed by atoms with Crippen molar-refractivity contribution in [1.82, 2.24) is 0 Å². The predicted molar refractivity (Wildman–Crippen MR) is 91.4 cm³/mol. The second-order valence-corrected chi connectivity index (χ2v) is 5.49. The summed E-state index contributed by atoms with van der Waals surface area (Å²) in [6.07, 6.45) is 0. The highest BCUT2D eigenvalue weighted by molar-refractivity contribution is 5.95. The van der Waals surface area contributed by atoms with Gasteiger partial charge < -0.3 is 14.6 Å². The van der Waals surface area contributed by atoms with E-state index in [0.717, 1.165) is 0 Å². The molecule has 24 heavy (non-hydrogen) atoms. The lowest BCUT2D eigenvalue weighted by Crippen LogP contribution is -2.11. The minimum absolute atomic E-state index is 0.0614. The lowest BCUT2D eigenvalue weighted by molar-refractivity contribution is -0.130. The fourth-order valence-electron chi connectivity index (χ4n) is 1.91. The molecule has 2 aromatic rings. The van der Waals surface area contributed by atoms with Crippen molar-refractivity contribution in [1.29, 1.82) is 0 Å². The molecule has 0 saturated heterocycles. The van der Waals surface area contributed by atoms with E-state index in [0.29, 0.717) is 22.1 Å². The van der Waals surface area contributed by atoms with Crippen LogP contribution in [0.5, 0.6) is 17.2 Å². The van der Waals surface area contributed by atoms with Gasteiger partial charge in [0, 0.05) is 17.0 Å². The molecule has 0 radical (unpaired) electrons. The first kappa shape index (κ1) is 17.3. The quantitative estimate of drug-likeness (QED) is 0.499. The summed E-state index contributed by atoms with van der Waals surface area (Å²) in [4.78, 5) is 23.1. The van der Waals surface area contributed by atoms with Crippen molar-refractivity contribution in [3.05, 3.63) is 54.6 Å². The molecule has 2 aromatic carbocycles. The van der Waals surface area contributed by atoms with Gasteiger partial charge in [-0.05, 0) is 43.0 Å². The molecule has 124 valence electrons. The number of fused-ring (bicyclic) bond motifs is 1. The van der Waals surface area contributed by atoms with Gasteiger partial charge in [0.15, 0.2) is 12.4 Å². The minimum Gasteiger partial charge on any atom is -0.507 e. The number of aromatic hydroxyl groups is 1. The number of Topliss-reactive ketones (excluding diaryl/α,β-unsaturated/α-hetero) is 1. The number of phenolic OH excluding ortho intramolecular Hbond substituents is 1. The van der Waals surface area contributed by atoms with Gasteiger partial charge in [-0.2, -0.15) is 0 Å². The van der Waals surface area contributed by atoms with Gasteiger partial charge in [0.05, 0.1) is 0 Å². The lowest BCUT2D eigenvalue weighted by atomic mass is 10.1. The molecule has 0 aliphatic carbocycles. The van der Waals surface area contributed by atoms with Crippen molar-refractivity contribution >= 4 is 22.5 Å². The maximum Gasteiger partial charge on any atom is 0.338 e. The second kappa shape index (κ2) is 7.00. The van der Waals surface area contributed by atoms with E-state index in [-0.39, 0.29) is 29.5 Å². The zero-order valence-corrected chi connectivity index (χ0v) is 13.6. The number of carbonyl (C=O) groups is 2. The Morgan fingerprint density at radius 3 is 2.38 bits per heavy atom. The first-order chi connectivity index (χ1) is 11.3. The highest BCUT2D eigenvalue weighted by atomic mass is 16.5. The molecular formula is C19H18O5. The number of ether oxygens (including phenoxy) is 2. The third-order valence-corrected chi connectivity index (χ3v) is 3.28. The van der Waals surface area contributed by atoms with Crippen LogP contribution in [0.25, 0.3) is 10.8 Å². The molecule has 2 rings (SSSR count). The van der Waals surface area contributed by atoms with E-state index in [1.54, 1.807) is 38.1 Å². The van der Waals surface area contributed by atoms with E-state index < -0.39 is 5.97 Å². The van der Waals surface area contributed by atoms with Crippen molar-refractivity contribution in [2.75, 3.05) is 6.61 Å². The maximum absolute atomic E-state index is 11.6. The number of benzene rings is 2. The van der Waals surface area contributed by atoms with Gasteiger partial charge in [-0.15, -0.1) is 0 Å². The zero-order valence-electron chi connectivity index (χ0n) is 13.6. The lowest BCUT2D eigenvalue weighted by Gasteiger charge is -2.10. The average molecular weight is 326 g/mol. The van der Waals surface area contributed by atoms with Crippen molar-refractivity contribution in [3.63, 3.8) is 0 Å². The Hall–Kier alpha value is -3.08. The largest absolute Gasteiger partial charge is 0.507 e. The van der Waals surface area contributed by atoms with Crippen LogP contribution >= 0.6 is 0 Å². The van der Waals surface area contributed by atoms with Crippen LogP contribution in [0.4, 0.5) is 0 Å². The number of hydrogen-bond donors (Lipinski definition) is 1. The Bertz CT molecular complexity index is 848. The number of carbonyl (C=O) groups excluding carboxylic acids is 2. The first-order valence-corrected chi connectivity index (χ1v) is 7.24. The number of esters is 1. The maximum atomic E-state index is 11.6. The molecule has 0 heterocycles. The van der Waals surface area contributed by atoms with Gasteiger partial charge in [-0.25, -0.2) is 4.79 Å². The Balaban J connectivity index is 2.25. The van der Waals surface area contributed by atoms with E-state index in [1.807, 2.05) is 0 Å². The van der Waals surface area contributed by atoms with Crippen molar-refractivity contribution < 1.29 is 24.2 Å². The molecule has 0 aromatic heterocycles. The topological polar surface area (TPSA) is 72.8 Å². The van der Waals surface area contributed by atoms with Crippen LogP contribution < -0.4 is 9.47 Å². The van der Waals surface area contributed by atoms with Crippen molar-refractivity contribution in [2.45, 2.75) is 13.8 Å². The summed E-state index contributed by atoms with van der Waals surface area (Å²) in [5.74, 6) is -0.153. The fraction of sp³-hybridized carbons (Fsp3) is 0.158. The Kier molecular flexibility index (Phi) is 5.04. The fourth-order valence-corrected chi connectivity index (χ4v) is 1.91. The molecule has 0 fully saturated rings. The standard InChI is InChI=1S/C19H18O5/c1-11(2)18(21)10-23-14-6-5-13-7-15(24-19(22)12(3)4)9-17(20)16(13)8-14/h5-9,20H,1,3,10H2,2,4H3. The van der Waals surface area contributed by atoms with Crippen LogP contribution in [0.1, 0.15) is 13.8 Å². The molecule has 5 heteroatoms. The zero-order chi connectivity index (χ0) is 17.9. The number of hydrogen-bond acceptors (Lipinski definition) is 5. The molecule has 0 unspecified atom stereocenters. The SMILES string of the molecule is C=C(C)C(=O)COc1ccc2cc(OC(=O)C(=C)C)cc(O)c2c1. The second-order valence-electron chi connectivity index (χ2n) is 5.49. The molecule has 0 bridgehead atoms. The summed E-state index contributed by atoms with van der Waals surface area (Å²) in [6, 6.07) is 7.94. The highest BCUT2D eigenvalue weighted by Crippen LogP contribution is 2.33. The van der Waals surface area contributed by atoms with Crippen molar-refractivity contribution in [3.8, 4) is 17.2 Å². The minimum atomic E-state index is -0.563. The van der Waals surface area contributed by atoms with E-state index in [1.165, 1.54) is 6.07 Å². The summed E-state index contributed by atoms with van der Waals surface area (Å²) in [6.45, 7) is 10.1. The number of ketones is 1. The molecule has 1 N–H and O–H groups in total. The summed E-state index contributed by atoms with van der Waals surface area (Å²) >= 11 is 0. The van der Waals surface area contributed by atoms with Gasteiger partial charge >= 0.3 is 5.97 Å². The molecule has 0 amide bonds. The normalized spacial score (nSPS) is 10.2. The van der Waals surface area contributed by atoms with Crippen LogP contribution in [0.2, 0.25) is 0 Å². The van der Waals surface area contributed by atoms with E-state index >= 15 is 0 Å². The molecule has 5 nitrogen and oxygen atoms in total. The van der Waals surface area contributed by atoms with Crippen molar-refractivity contribution in [2.24, 2.45) is 0 Å². The van der Waals surface area contributed by atoms with Crippen LogP contribution in [0.3, 0.4) is 0 Å². The van der Waals surface area contributed by atoms with E-state index in [4.69, 9.17) is 9.47 Å². The highest BCUT2D eigenvalue weighted by Gasteiger charge is 2.11.